The molecule has 1 aromatic carbocycles. The Hall–Kier alpha value is -0.780. The largest absolute Gasteiger partial charge is 0.0654 e. The van der Waals surface area contributed by atoms with E-state index in [2.05, 4.69) is 38.1 Å². The lowest BCUT2D eigenvalue weighted by Gasteiger charge is -2.08. The van der Waals surface area contributed by atoms with Gasteiger partial charge < -0.3 is 0 Å². The molecule has 1 rings (SSSR count). The van der Waals surface area contributed by atoms with E-state index in [0.717, 1.165) is 0 Å². The van der Waals surface area contributed by atoms with Crippen molar-refractivity contribution in [3.05, 3.63) is 35.4 Å². The third-order valence-corrected chi connectivity index (χ3v) is 5.37. The van der Waals surface area contributed by atoms with Gasteiger partial charge in [0.15, 0.2) is 0 Å². The van der Waals surface area contributed by atoms with Crippen molar-refractivity contribution in [1.82, 2.24) is 0 Å². The second-order valence-corrected chi connectivity index (χ2v) is 7.77. The van der Waals surface area contributed by atoms with Gasteiger partial charge in [0, 0.05) is 0 Å². The van der Waals surface area contributed by atoms with Crippen molar-refractivity contribution >= 4 is 0 Å². The number of hydrogen-bond acceptors (Lipinski definition) is 0. The molecule has 1 aromatic rings. The smallest absolute Gasteiger partial charge is 0.0146 e. The molecule has 1 radical (unpaired) electrons. The maximum absolute atomic E-state index is 3.49. The number of benzene rings is 1. The Morgan fingerprint density at radius 2 is 1.12 bits per heavy atom. The van der Waals surface area contributed by atoms with Crippen LogP contribution in [0.25, 0.3) is 0 Å². The average Bonchev–Trinajstić information content (AvgIpc) is 2.64. The number of rotatable bonds is 17. The van der Waals surface area contributed by atoms with Crippen LogP contribution in [0.1, 0.15) is 121 Å². The number of aryl methyl sites for hydroxylation is 2. The van der Waals surface area contributed by atoms with E-state index < -0.39 is 0 Å². The lowest BCUT2D eigenvalue weighted by atomic mass is 9.97. The zero-order valence-electron chi connectivity index (χ0n) is 17.3. The summed E-state index contributed by atoms with van der Waals surface area (Å²) in [5, 5.41) is 0. The number of hydrogen-bond donors (Lipinski definition) is 0. The highest BCUT2D eigenvalue weighted by Gasteiger charge is 2.02. The molecule has 0 aliphatic carbocycles. The molecule has 25 heavy (non-hydrogen) atoms. The minimum absolute atomic E-state index is 1.23. The molecule has 0 amide bonds. The summed E-state index contributed by atoms with van der Waals surface area (Å²) in [5.74, 6) is 0. The molecular formula is C25H43. The highest BCUT2D eigenvalue weighted by molar-refractivity contribution is 5.26. The van der Waals surface area contributed by atoms with Gasteiger partial charge in [-0.05, 0) is 42.9 Å². The van der Waals surface area contributed by atoms with Gasteiger partial charge in [-0.1, -0.05) is 116 Å². The first kappa shape index (κ1) is 22.3. The summed E-state index contributed by atoms with van der Waals surface area (Å²) in [5.41, 5.74) is 3.03. The fourth-order valence-electron chi connectivity index (χ4n) is 3.66. The van der Waals surface area contributed by atoms with Crippen molar-refractivity contribution in [1.29, 1.82) is 0 Å². The lowest BCUT2D eigenvalue weighted by Crippen LogP contribution is -1.95. The van der Waals surface area contributed by atoms with E-state index in [0.29, 0.717) is 0 Å². The summed E-state index contributed by atoms with van der Waals surface area (Å²) < 4.78 is 0. The molecule has 0 aliphatic heterocycles. The van der Waals surface area contributed by atoms with E-state index in [1.54, 1.807) is 5.56 Å². The molecule has 0 heterocycles. The fourth-order valence-corrected chi connectivity index (χ4v) is 3.66. The van der Waals surface area contributed by atoms with Crippen LogP contribution in [-0.4, -0.2) is 0 Å². The van der Waals surface area contributed by atoms with Gasteiger partial charge in [0.2, 0.25) is 0 Å². The van der Waals surface area contributed by atoms with Gasteiger partial charge in [-0.3, -0.25) is 0 Å². The molecule has 0 nitrogen and oxygen atoms in total. The Balaban J connectivity index is 1.94. The van der Waals surface area contributed by atoms with Crippen LogP contribution >= 0.6 is 0 Å². The molecule has 143 valence electrons. The second-order valence-electron chi connectivity index (χ2n) is 7.77. The topological polar surface area (TPSA) is 0 Å². The van der Waals surface area contributed by atoms with Crippen molar-refractivity contribution in [3.8, 4) is 0 Å². The Kier molecular flexibility index (Phi) is 14.8. The maximum Gasteiger partial charge on any atom is -0.0146 e. The van der Waals surface area contributed by atoms with E-state index in [9.17, 15) is 0 Å². The minimum Gasteiger partial charge on any atom is -0.0654 e. The highest BCUT2D eigenvalue weighted by Crippen LogP contribution is 2.16. The van der Waals surface area contributed by atoms with Crippen LogP contribution in [0.3, 0.4) is 0 Å². The molecule has 0 fully saturated rings. The van der Waals surface area contributed by atoms with Gasteiger partial charge in [0.1, 0.15) is 0 Å². The van der Waals surface area contributed by atoms with Crippen molar-refractivity contribution in [2.24, 2.45) is 0 Å². The average molecular weight is 344 g/mol. The Labute approximate surface area is 158 Å². The van der Waals surface area contributed by atoms with E-state index in [1.807, 2.05) is 0 Å². The van der Waals surface area contributed by atoms with E-state index in [-0.39, 0.29) is 0 Å². The third-order valence-electron chi connectivity index (χ3n) is 5.37. The third kappa shape index (κ3) is 12.2. The molecule has 0 spiro atoms. The normalized spacial score (nSPS) is 11.1. The van der Waals surface area contributed by atoms with Crippen LogP contribution < -0.4 is 0 Å². The van der Waals surface area contributed by atoms with Gasteiger partial charge in [-0.25, -0.2) is 0 Å². The Bertz CT molecular complexity index is 393. The summed E-state index contributed by atoms with van der Waals surface area (Å²) in [4.78, 5) is 0. The van der Waals surface area contributed by atoms with Crippen molar-refractivity contribution in [3.63, 3.8) is 0 Å². The van der Waals surface area contributed by atoms with Gasteiger partial charge in [0.25, 0.3) is 0 Å². The predicted octanol–water partition coefficient (Wildman–Crippen LogP) is 8.46. The summed E-state index contributed by atoms with van der Waals surface area (Å²) in [7, 11) is 0. The van der Waals surface area contributed by atoms with Gasteiger partial charge in [0.05, 0.1) is 0 Å². The standard InChI is InChI=1S/C25H43/c1-3-5-7-8-9-10-11-12-13-14-15-16-17-21-25-23-19-18-22-24(25)20-6-4-2/h18-19,22H,3-17,20-21H2,1-2H3. The molecule has 0 saturated carbocycles. The van der Waals surface area contributed by atoms with Crippen LogP contribution in [0.5, 0.6) is 0 Å². The predicted molar refractivity (Wildman–Crippen MR) is 113 cm³/mol. The van der Waals surface area contributed by atoms with Gasteiger partial charge in [-0.15, -0.1) is 0 Å². The monoisotopic (exact) mass is 343 g/mol. The van der Waals surface area contributed by atoms with Crippen LogP contribution in [0.15, 0.2) is 18.2 Å². The van der Waals surface area contributed by atoms with Crippen LogP contribution in [0.4, 0.5) is 0 Å². The first-order valence-corrected chi connectivity index (χ1v) is 11.4. The molecule has 0 unspecified atom stereocenters. The highest BCUT2D eigenvalue weighted by atomic mass is 14.1. The van der Waals surface area contributed by atoms with Crippen LogP contribution in [0, 0.1) is 6.07 Å². The second kappa shape index (κ2) is 16.7. The fraction of sp³-hybridized carbons (Fsp3) is 0.760. The van der Waals surface area contributed by atoms with Gasteiger partial charge in [-0.2, -0.15) is 0 Å². The van der Waals surface area contributed by atoms with Crippen molar-refractivity contribution in [2.45, 2.75) is 123 Å². The Morgan fingerprint density at radius 3 is 1.68 bits per heavy atom. The zero-order chi connectivity index (χ0) is 18.0. The summed E-state index contributed by atoms with van der Waals surface area (Å²) in [6.07, 6.45) is 23.7. The molecule has 0 atom stereocenters. The summed E-state index contributed by atoms with van der Waals surface area (Å²) >= 11 is 0. The molecule has 0 aromatic heterocycles. The summed E-state index contributed by atoms with van der Waals surface area (Å²) in [6, 6.07) is 10.0. The molecule has 0 N–H and O–H groups in total. The Morgan fingerprint density at radius 1 is 0.600 bits per heavy atom. The molecule has 0 bridgehead atoms. The molecule has 0 heteroatoms. The van der Waals surface area contributed by atoms with E-state index in [4.69, 9.17) is 0 Å². The van der Waals surface area contributed by atoms with Crippen LogP contribution in [0.2, 0.25) is 0 Å². The minimum atomic E-state index is 1.23. The lowest BCUT2D eigenvalue weighted by molar-refractivity contribution is 0.539. The van der Waals surface area contributed by atoms with Crippen molar-refractivity contribution in [2.75, 3.05) is 0 Å². The first-order valence-electron chi connectivity index (χ1n) is 11.4. The van der Waals surface area contributed by atoms with Gasteiger partial charge >= 0.3 is 0 Å². The van der Waals surface area contributed by atoms with E-state index >= 15 is 0 Å². The number of unbranched alkanes of at least 4 members (excludes halogenated alkanes) is 13. The maximum atomic E-state index is 3.49. The molecule has 0 saturated heterocycles. The molecular weight excluding hydrogens is 300 g/mol. The summed E-state index contributed by atoms with van der Waals surface area (Å²) in [6.45, 7) is 4.57. The molecule has 0 aliphatic rings. The quantitative estimate of drug-likeness (QED) is 0.249. The van der Waals surface area contributed by atoms with Crippen LogP contribution in [-0.2, 0) is 12.8 Å². The van der Waals surface area contributed by atoms with E-state index in [1.165, 1.54) is 115 Å². The first-order chi connectivity index (χ1) is 12.4. The van der Waals surface area contributed by atoms with Crippen molar-refractivity contribution < 1.29 is 0 Å². The zero-order valence-corrected chi connectivity index (χ0v) is 17.3. The SMILES string of the molecule is CCCCCCCCCCCCCCCc1[c]cccc1CCCC.